The van der Waals surface area contributed by atoms with Crippen LogP contribution in [0, 0.1) is 11.3 Å². The standard InChI is InChI=1S/C13H23N3O/c1-13(2)10(9-6-7-17-11(9)13)16-12(14-3)15-8-4-5-8/h8-11H,4-7H2,1-3H3,(H2,14,15,16). The van der Waals surface area contributed by atoms with E-state index in [1.54, 1.807) is 0 Å². The average molecular weight is 237 g/mol. The van der Waals surface area contributed by atoms with Gasteiger partial charge in [0.15, 0.2) is 5.96 Å². The molecule has 96 valence electrons. The van der Waals surface area contributed by atoms with Crippen LogP contribution >= 0.6 is 0 Å². The molecule has 3 fully saturated rings. The molecule has 2 N–H and O–H groups in total. The molecule has 0 aromatic heterocycles. The second-order valence-corrected chi connectivity index (χ2v) is 6.18. The van der Waals surface area contributed by atoms with E-state index in [4.69, 9.17) is 4.74 Å². The summed E-state index contributed by atoms with van der Waals surface area (Å²) in [6.45, 7) is 5.51. The van der Waals surface area contributed by atoms with Gasteiger partial charge in [-0.3, -0.25) is 4.99 Å². The maximum Gasteiger partial charge on any atom is 0.191 e. The summed E-state index contributed by atoms with van der Waals surface area (Å²) in [7, 11) is 1.85. The first kappa shape index (κ1) is 11.3. The van der Waals surface area contributed by atoms with Crippen molar-refractivity contribution in [3.8, 4) is 0 Å². The lowest BCUT2D eigenvalue weighted by atomic mass is 9.57. The third-order valence-corrected chi connectivity index (χ3v) is 4.53. The normalized spacial score (nSPS) is 39.5. The number of hydrogen-bond donors (Lipinski definition) is 2. The molecular weight excluding hydrogens is 214 g/mol. The van der Waals surface area contributed by atoms with Gasteiger partial charge < -0.3 is 15.4 Å². The molecule has 3 aliphatic rings. The molecule has 1 heterocycles. The molecule has 17 heavy (non-hydrogen) atoms. The summed E-state index contributed by atoms with van der Waals surface area (Å²) in [6, 6.07) is 1.15. The molecule has 0 amide bonds. The topological polar surface area (TPSA) is 45.7 Å². The van der Waals surface area contributed by atoms with Crippen LogP contribution in [0.5, 0.6) is 0 Å². The predicted octanol–water partition coefficient (Wildman–Crippen LogP) is 1.13. The van der Waals surface area contributed by atoms with E-state index in [1.165, 1.54) is 19.3 Å². The molecule has 3 rings (SSSR count). The van der Waals surface area contributed by atoms with Crippen LogP contribution in [-0.2, 0) is 4.74 Å². The fourth-order valence-electron chi connectivity index (χ4n) is 3.36. The zero-order chi connectivity index (χ0) is 12.0. The van der Waals surface area contributed by atoms with Crippen molar-refractivity contribution in [3.05, 3.63) is 0 Å². The van der Waals surface area contributed by atoms with Crippen molar-refractivity contribution in [1.29, 1.82) is 0 Å². The first-order valence-electron chi connectivity index (χ1n) is 6.74. The molecule has 0 bridgehead atoms. The Morgan fingerprint density at radius 3 is 2.65 bits per heavy atom. The van der Waals surface area contributed by atoms with E-state index in [-0.39, 0.29) is 5.41 Å². The molecular formula is C13H23N3O. The summed E-state index contributed by atoms with van der Waals surface area (Å²) < 4.78 is 5.81. The van der Waals surface area contributed by atoms with Gasteiger partial charge in [-0.05, 0) is 19.3 Å². The summed E-state index contributed by atoms with van der Waals surface area (Å²) in [5.41, 5.74) is 0.225. The maximum absolute atomic E-state index is 5.81. The van der Waals surface area contributed by atoms with Crippen molar-refractivity contribution in [2.75, 3.05) is 13.7 Å². The molecule has 4 nitrogen and oxygen atoms in total. The Bertz CT molecular complexity index is 336. The zero-order valence-corrected chi connectivity index (χ0v) is 11.0. The van der Waals surface area contributed by atoms with Crippen molar-refractivity contribution in [2.45, 2.75) is 51.3 Å². The summed E-state index contributed by atoms with van der Waals surface area (Å²) in [5, 5.41) is 7.05. The van der Waals surface area contributed by atoms with Crippen LogP contribution in [0.25, 0.3) is 0 Å². The van der Waals surface area contributed by atoms with E-state index in [0.29, 0.717) is 24.1 Å². The Kier molecular flexibility index (Phi) is 2.58. The Hall–Kier alpha value is -0.770. The van der Waals surface area contributed by atoms with Crippen molar-refractivity contribution in [3.63, 3.8) is 0 Å². The highest BCUT2D eigenvalue weighted by molar-refractivity contribution is 5.80. The minimum absolute atomic E-state index is 0.225. The highest BCUT2D eigenvalue weighted by Gasteiger charge is 2.59. The van der Waals surface area contributed by atoms with Crippen LogP contribution in [0.3, 0.4) is 0 Å². The van der Waals surface area contributed by atoms with Crippen molar-refractivity contribution >= 4 is 5.96 Å². The van der Waals surface area contributed by atoms with E-state index >= 15 is 0 Å². The first-order valence-corrected chi connectivity index (χ1v) is 6.74. The quantitative estimate of drug-likeness (QED) is 0.559. The van der Waals surface area contributed by atoms with Crippen molar-refractivity contribution in [2.24, 2.45) is 16.3 Å². The lowest BCUT2D eigenvalue weighted by Gasteiger charge is -2.54. The highest BCUT2D eigenvalue weighted by Crippen LogP contribution is 2.52. The van der Waals surface area contributed by atoms with Crippen molar-refractivity contribution in [1.82, 2.24) is 10.6 Å². The Morgan fingerprint density at radius 1 is 1.24 bits per heavy atom. The average Bonchev–Trinajstić information content (AvgIpc) is 2.99. The molecule has 3 unspecified atom stereocenters. The van der Waals surface area contributed by atoms with E-state index in [1.807, 2.05) is 7.05 Å². The van der Waals surface area contributed by atoms with Crippen molar-refractivity contribution < 1.29 is 4.74 Å². The fourth-order valence-corrected chi connectivity index (χ4v) is 3.36. The number of rotatable bonds is 2. The SMILES string of the molecule is CN=C(NC1CC1)NC1C2CCOC2C1(C)C. The Labute approximate surface area is 103 Å². The van der Waals surface area contributed by atoms with E-state index in [2.05, 4.69) is 29.5 Å². The molecule has 2 aliphatic carbocycles. The number of hydrogen-bond acceptors (Lipinski definition) is 2. The summed E-state index contributed by atoms with van der Waals surface area (Å²) in [4.78, 5) is 4.32. The van der Waals surface area contributed by atoms with Crippen LogP contribution in [-0.4, -0.2) is 37.8 Å². The lowest BCUT2D eigenvalue weighted by Crippen LogP contribution is -2.68. The number of nitrogens with one attached hydrogen (secondary N) is 2. The number of ether oxygens (including phenoxy) is 1. The third-order valence-electron chi connectivity index (χ3n) is 4.53. The molecule has 0 aromatic carbocycles. The smallest absolute Gasteiger partial charge is 0.191 e. The monoisotopic (exact) mass is 237 g/mol. The van der Waals surface area contributed by atoms with Crippen LogP contribution in [0.4, 0.5) is 0 Å². The molecule has 4 heteroatoms. The molecule has 0 spiro atoms. The number of guanidine groups is 1. The van der Waals surface area contributed by atoms with Gasteiger partial charge in [0.05, 0.1) is 6.10 Å². The fraction of sp³-hybridized carbons (Fsp3) is 0.923. The maximum atomic E-state index is 5.81. The van der Waals surface area contributed by atoms with Gasteiger partial charge in [0.2, 0.25) is 0 Å². The highest BCUT2D eigenvalue weighted by atomic mass is 16.5. The predicted molar refractivity (Wildman–Crippen MR) is 68.1 cm³/mol. The van der Waals surface area contributed by atoms with Gasteiger partial charge in [-0.25, -0.2) is 0 Å². The van der Waals surface area contributed by atoms with Crippen LogP contribution in [0.15, 0.2) is 4.99 Å². The summed E-state index contributed by atoms with van der Waals surface area (Å²) >= 11 is 0. The van der Waals surface area contributed by atoms with E-state index < -0.39 is 0 Å². The van der Waals surface area contributed by atoms with Crippen LogP contribution < -0.4 is 10.6 Å². The molecule has 0 aromatic rings. The minimum atomic E-state index is 0.225. The summed E-state index contributed by atoms with van der Waals surface area (Å²) in [6.07, 6.45) is 4.19. The molecule has 0 radical (unpaired) electrons. The summed E-state index contributed by atoms with van der Waals surface area (Å²) in [5.74, 6) is 1.64. The number of nitrogens with zero attached hydrogens (tertiary/aromatic N) is 1. The van der Waals surface area contributed by atoms with Gasteiger partial charge in [0.25, 0.3) is 0 Å². The molecule has 1 aliphatic heterocycles. The minimum Gasteiger partial charge on any atom is -0.377 e. The largest absolute Gasteiger partial charge is 0.377 e. The van der Waals surface area contributed by atoms with Crippen LogP contribution in [0.2, 0.25) is 0 Å². The van der Waals surface area contributed by atoms with Crippen LogP contribution in [0.1, 0.15) is 33.1 Å². The molecule has 3 atom stereocenters. The number of fused-ring (bicyclic) bond motifs is 1. The number of aliphatic imine (C=N–C) groups is 1. The van der Waals surface area contributed by atoms with E-state index in [9.17, 15) is 0 Å². The van der Waals surface area contributed by atoms with Gasteiger partial charge in [-0.1, -0.05) is 13.8 Å². The Morgan fingerprint density at radius 2 is 2.00 bits per heavy atom. The lowest BCUT2D eigenvalue weighted by molar-refractivity contribution is -0.106. The molecule has 1 saturated heterocycles. The molecule has 2 saturated carbocycles. The van der Waals surface area contributed by atoms with E-state index in [0.717, 1.165) is 12.6 Å². The zero-order valence-electron chi connectivity index (χ0n) is 11.0. The Balaban J connectivity index is 1.63. The second kappa shape index (κ2) is 3.87. The second-order valence-electron chi connectivity index (χ2n) is 6.18. The van der Waals surface area contributed by atoms with Gasteiger partial charge >= 0.3 is 0 Å². The van der Waals surface area contributed by atoms with Gasteiger partial charge in [0.1, 0.15) is 0 Å². The van der Waals surface area contributed by atoms with Gasteiger partial charge in [-0.15, -0.1) is 0 Å². The third kappa shape index (κ3) is 1.82. The first-order chi connectivity index (χ1) is 8.13. The van der Waals surface area contributed by atoms with Gasteiger partial charge in [-0.2, -0.15) is 0 Å². The van der Waals surface area contributed by atoms with Gasteiger partial charge in [0, 0.05) is 37.1 Å².